The average molecular weight is 391 g/mol. The number of rotatable bonds is 6. The first-order valence-corrected chi connectivity index (χ1v) is 10.3. The maximum Gasteiger partial charge on any atom is 0.243 e. The number of nitrogens with zero attached hydrogens (tertiary/aromatic N) is 1. The molecule has 3 rings (SSSR count). The molecule has 0 saturated carbocycles. The number of morpholine rings is 1. The molecule has 146 valence electrons. The van der Waals surface area contributed by atoms with E-state index in [1.807, 2.05) is 37.3 Å². The maximum atomic E-state index is 13.2. The lowest BCUT2D eigenvalue weighted by Crippen LogP contribution is -2.49. The molecule has 0 N–H and O–H groups in total. The summed E-state index contributed by atoms with van der Waals surface area (Å²) in [5, 5.41) is 0. The minimum absolute atomic E-state index is 0.178. The molecule has 6 nitrogen and oxygen atoms in total. The maximum absolute atomic E-state index is 13.2. The van der Waals surface area contributed by atoms with E-state index in [0.717, 1.165) is 5.56 Å². The molecule has 1 aliphatic heterocycles. The fraction of sp³-hybridized carbons (Fsp3) is 0.400. The molecule has 2 atom stereocenters. The number of benzene rings is 2. The van der Waals surface area contributed by atoms with Crippen LogP contribution in [0, 0.1) is 0 Å². The Bertz CT molecular complexity index is 869. The second-order valence-electron chi connectivity index (χ2n) is 6.60. The lowest BCUT2D eigenvalue weighted by Gasteiger charge is -2.36. The van der Waals surface area contributed by atoms with Crippen molar-refractivity contribution in [1.29, 1.82) is 0 Å². The predicted octanol–water partition coefficient (Wildman–Crippen LogP) is 2.72. The lowest BCUT2D eigenvalue weighted by atomic mass is 10.1. The van der Waals surface area contributed by atoms with Crippen LogP contribution in [-0.2, 0) is 21.2 Å². The summed E-state index contributed by atoms with van der Waals surface area (Å²) >= 11 is 0. The Hall–Kier alpha value is -2.09. The van der Waals surface area contributed by atoms with E-state index in [1.54, 1.807) is 12.1 Å². The Labute approximate surface area is 160 Å². The lowest BCUT2D eigenvalue weighted by molar-refractivity contribution is -0.0529. The molecule has 2 unspecified atom stereocenters. The van der Waals surface area contributed by atoms with Crippen molar-refractivity contribution in [1.82, 2.24) is 4.31 Å². The van der Waals surface area contributed by atoms with Crippen molar-refractivity contribution in [3.8, 4) is 11.5 Å². The highest BCUT2D eigenvalue weighted by Crippen LogP contribution is 2.31. The van der Waals surface area contributed by atoms with Crippen molar-refractivity contribution in [3.63, 3.8) is 0 Å². The molecular weight excluding hydrogens is 366 g/mol. The Morgan fingerprint density at radius 2 is 1.74 bits per heavy atom. The Balaban J connectivity index is 1.83. The third kappa shape index (κ3) is 4.43. The summed E-state index contributed by atoms with van der Waals surface area (Å²) in [6.45, 7) is 2.53. The van der Waals surface area contributed by atoms with E-state index in [4.69, 9.17) is 14.2 Å². The van der Waals surface area contributed by atoms with E-state index in [0.29, 0.717) is 31.0 Å². The van der Waals surface area contributed by atoms with Crippen LogP contribution in [0.1, 0.15) is 12.5 Å². The molecule has 27 heavy (non-hydrogen) atoms. The highest BCUT2D eigenvalue weighted by atomic mass is 32.2. The van der Waals surface area contributed by atoms with Gasteiger partial charge in [0.2, 0.25) is 10.0 Å². The molecule has 0 aromatic heterocycles. The fourth-order valence-corrected chi connectivity index (χ4v) is 4.88. The molecule has 0 aliphatic carbocycles. The molecule has 0 spiro atoms. The first-order chi connectivity index (χ1) is 12.9. The third-order valence-corrected chi connectivity index (χ3v) is 6.42. The van der Waals surface area contributed by atoms with Crippen LogP contribution in [0.25, 0.3) is 0 Å². The number of hydrogen-bond donors (Lipinski definition) is 0. The van der Waals surface area contributed by atoms with Crippen LogP contribution in [0.5, 0.6) is 11.5 Å². The fourth-order valence-electron chi connectivity index (χ4n) is 3.32. The summed E-state index contributed by atoms with van der Waals surface area (Å²) in [6, 6.07) is 14.6. The van der Waals surface area contributed by atoms with Gasteiger partial charge in [-0.1, -0.05) is 30.3 Å². The molecule has 0 amide bonds. The van der Waals surface area contributed by atoms with Gasteiger partial charge in [0.05, 0.1) is 31.3 Å². The molecule has 1 saturated heterocycles. The molecule has 1 fully saturated rings. The first kappa shape index (κ1) is 19.7. The van der Waals surface area contributed by atoms with Gasteiger partial charge >= 0.3 is 0 Å². The zero-order chi connectivity index (χ0) is 19.4. The third-order valence-electron chi connectivity index (χ3n) is 4.59. The summed E-state index contributed by atoms with van der Waals surface area (Å²) in [7, 11) is -0.655. The van der Waals surface area contributed by atoms with Crippen LogP contribution in [0.2, 0.25) is 0 Å². The second kappa shape index (κ2) is 8.29. The number of methoxy groups -OCH3 is 2. The van der Waals surface area contributed by atoms with Crippen LogP contribution in [0.15, 0.2) is 53.4 Å². The quantitative estimate of drug-likeness (QED) is 0.758. The van der Waals surface area contributed by atoms with E-state index in [2.05, 4.69) is 0 Å². The second-order valence-corrected chi connectivity index (χ2v) is 8.54. The SMILES string of the molecule is COc1ccc(S(=O)(=O)N2CC(C)OC(Cc3ccccc3)C2)cc1OC. The van der Waals surface area contributed by atoms with E-state index in [1.165, 1.54) is 24.6 Å². The minimum Gasteiger partial charge on any atom is -0.493 e. The Morgan fingerprint density at radius 3 is 2.41 bits per heavy atom. The van der Waals surface area contributed by atoms with Gasteiger partial charge in [0.25, 0.3) is 0 Å². The van der Waals surface area contributed by atoms with Gasteiger partial charge in [0.1, 0.15) is 0 Å². The molecular formula is C20H25NO5S. The van der Waals surface area contributed by atoms with Crippen molar-refractivity contribution in [2.24, 2.45) is 0 Å². The average Bonchev–Trinajstić information content (AvgIpc) is 2.67. The zero-order valence-electron chi connectivity index (χ0n) is 15.8. The highest BCUT2D eigenvalue weighted by Gasteiger charge is 2.34. The molecule has 2 aromatic carbocycles. The van der Waals surface area contributed by atoms with Gasteiger partial charge in [-0.15, -0.1) is 0 Å². The summed E-state index contributed by atoms with van der Waals surface area (Å²) in [4.78, 5) is 0.188. The minimum atomic E-state index is -3.66. The van der Waals surface area contributed by atoms with E-state index in [-0.39, 0.29) is 17.1 Å². The zero-order valence-corrected chi connectivity index (χ0v) is 16.6. The van der Waals surface area contributed by atoms with Crippen molar-refractivity contribution < 1.29 is 22.6 Å². The van der Waals surface area contributed by atoms with E-state index >= 15 is 0 Å². The van der Waals surface area contributed by atoms with Crippen molar-refractivity contribution >= 4 is 10.0 Å². The van der Waals surface area contributed by atoms with Crippen LogP contribution < -0.4 is 9.47 Å². The predicted molar refractivity (Wildman–Crippen MR) is 103 cm³/mol. The van der Waals surface area contributed by atoms with Gasteiger partial charge in [-0.25, -0.2) is 8.42 Å². The summed E-state index contributed by atoms with van der Waals surface area (Å²) in [5.41, 5.74) is 1.13. The number of sulfonamides is 1. The van der Waals surface area contributed by atoms with Crippen LogP contribution in [0.4, 0.5) is 0 Å². The van der Waals surface area contributed by atoms with E-state index < -0.39 is 10.0 Å². The number of ether oxygens (including phenoxy) is 3. The molecule has 1 heterocycles. The smallest absolute Gasteiger partial charge is 0.243 e. The van der Waals surface area contributed by atoms with Crippen LogP contribution in [0.3, 0.4) is 0 Å². The van der Waals surface area contributed by atoms with Crippen molar-refractivity contribution in [3.05, 3.63) is 54.1 Å². The summed E-state index contributed by atoms with van der Waals surface area (Å²) < 4.78 is 44.3. The van der Waals surface area contributed by atoms with Gasteiger partial charge < -0.3 is 14.2 Å². The standard InChI is InChI=1S/C20H25NO5S/c1-15-13-21(14-17(26-15)11-16-7-5-4-6-8-16)27(22,23)18-9-10-19(24-2)20(12-18)25-3/h4-10,12,15,17H,11,13-14H2,1-3H3. The van der Waals surface area contributed by atoms with Crippen molar-refractivity contribution in [2.45, 2.75) is 30.4 Å². The topological polar surface area (TPSA) is 65.1 Å². The van der Waals surface area contributed by atoms with Crippen molar-refractivity contribution in [2.75, 3.05) is 27.3 Å². The summed E-state index contributed by atoms with van der Waals surface area (Å²) in [5.74, 6) is 0.884. The monoisotopic (exact) mass is 391 g/mol. The van der Waals surface area contributed by atoms with Crippen LogP contribution >= 0.6 is 0 Å². The molecule has 7 heteroatoms. The van der Waals surface area contributed by atoms with Gasteiger partial charge in [0, 0.05) is 19.2 Å². The van der Waals surface area contributed by atoms with Gasteiger partial charge in [-0.3, -0.25) is 0 Å². The normalized spacial score (nSPS) is 21.0. The molecule has 0 bridgehead atoms. The first-order valence-electron chi connectivity index (χ1n) is 8.85. The van der Waals surface area contributed by atoms with Gasteiger partial charge in [-0.05, 0) is 31.0 Å². The molecule has 0 radical (unpaired) electrons. The molecule has 2 aromatic rings. The van der Waals surface area contributed by atoms with Crippen LogP contribution in [-0.4, -0.2) is 52.2 Å². The van der Waals surface area contributed by atoms with Gasteiger partial charge in [0.15, 0.2) is 11.5 Å². The summed E-state index contributed by atoms with van der Waals surface area (Å²) in [6.07, 6.45) is 0.303. The van der Waals surface area contributed by atoms with Gasteiger partial charge in [-0.2, -0.15) is 4.31 Å². The Morgan fingerprint density at radius 1 is 1.04 bits per heavy atom. The largest absolute Gasteiger partial charge is 0.493 e. The number of hydrogen-bond acceptors (Lipinski definition) is 5. The highest BCUT2D eigenvalue weighted by molar-refractivity contribution is 7.89. The Kier molecular flexibility index (Phi) is 6.04. The molecule has 1 aliphatic rings. The van der Waals surface area contributed by atoms with E-state index in [9.17, 15) is 8.42 Å².